The minimum Gasteiger partial charge on any atom is -0.461 e. The molecule has 1 unspecified atom stereocenters. The van der Waals surface area contributed by atoms with Gasteiger partial charge in [0.25, 0.3) is 0 Å². The molecule has 0 aromatic carbocycles. The van der Waals surface area contributed by atoms with Gasteiger partial charge in [-0.05, 0) is 37.4 Å². The highest BCUT2D eigenvalue weighted by molar-refractivity contribution is 5.93. The molecular weight excluding hydrogens is 202 g/mol. The van der Waals surface area contributed by atoms with Crippen LogP contribution in [0.15, 0.2) is 22.8 Å². The SMILES string of the molecule is CCCC(CCN)CCC(=O)c1ccco1. The number of carbonyl (C=O) groups is 1. The van der Waals surface area contributed by atoms with Crippen LogP contribution in [0, 0.1) is 5.92 Å². The molecule has 0 radical (unpaired) electrons. The lowest BCUT2D eigenvalue weighted by Gasteiger charge is -2.13. The van der Waals surface area contributed by atoms with Crippen LogP contribution < -0.4 is 5.73 Å². The summed E-state index contributed by atoms with van der Waals surface area (Å²) in [7, 11) is 0. The first-order valence-electron chi connectivity index (χ1n) is 6.04. The molecule has 1 heterocycles. The predicted octanol–water partition coefficient (Wildman–Crippen LogP) is 3.01. The molecular formula is C13H21NO2. The summed E-state index contributed by atoms with van der Waals surface area (Å²) in [5.41, 5.74) is 5.56. The van der Waals surface area contributed by atoms with E-state index in [-0.39, 0.29) is 5.78 Å². The van der Waals surface area contributed by atoms with Crippen LogP contribution in [-0.4, -0.2) is 12.3 Å². The lowest BCUT2D eigenvalue weighted by molar-refractivity contribution is 0.0945. The van der Waals surface area contributed by atoms with Crippen molar-refractivity contribution in [1.29, 1.82) is 0 Å². The van der Waals surface area contributed by atoms with Gasteiger partial charge in [-0.25, -0.2) is 0 Å². The van der Waals surface area contributed by atoms with E-state index in [9.17, 15) is 4.79 Å². The zero-order valence-electron chi connectivity index (χ0n) is 9.95. The van der Waals surface area contributed by atoms with Gasteiger partial charge in [0, 0.05) is 6.42 Å². The molecule has 0 aliphatic carbocycles. The second-order valence-electron chi connectivity index (χ2n) is 4.17. The summed E-state index contributed by atoms with van der Waals surface area (Å²) in [6, 6.07) is 3.47. The van der Waals surface area contributed by atoms with E-state index >= 15 is 0 Å². The van der Waals surface area contributed by atoms with Crippen LogP contribution >= 0.6 is 0 Å². The van der Waals surface area contributed by atoms with Crippen LogP contribution in [0.2, 0.25) is 0 Å². The average molecular weight is 223 g/mol. The third kappa shape index (κ3) is 4.19. The molecule has 0 spiro atoms. The Morgan fingerprint density at radius 1 is 1.44 bits per heavy atom. The molecule has 0 fully saturated rings. The zero-order valence-corrected chi connectivity index (χ0v) is 9.95. The van der Waals surface area contributed by atoms with Crippen LogP contribution in [0.25, 0.3) is 0 Å². The van der Waals surface area contributed by atoms with Crippen molar-refractivity contribution in [2.45, 2.75) is 39.0 Å². The maximum Gasteiger partial charge on any atom is 0.197 e. The van der Waals surface area contributed by atoms with Crippen molar-refractivity contribution < 1.29 is 9.21 Å². The van der Waals surface area contributed by atoms with Crippen LogP contribution in [0.1, 0.15) is 49.6 Å². The molecule has 0 saturated carbocycles. The topological polar surface area (TPSA) is 56.2 Å². The average Bonchev–Trinajstić information content (AvgIpc) is 2.79. The number of carbonyl (C=O) groups excluding carboxylic acids is 1. The molecule has 16 heavy (non-hydrogen) atoms. The Kier molecular flexibility index (Phi) is 5.86. The highest BCUT2D eigenvalue weighted by Crippen LogP contribution is 2.18. The molecule has 2 N–H and O–H groups in total. The van der Waals surface area contributed by atoms with Crippen LogP contribution in [-0.2, 0) is 0 Å². The molecule has 1 aromatic rings. The summed E-state index contributed by atoms with van der Waals surface area (Å²) in [4.78, 5) is 11.7. The molecule has 1 rings (SSSR count). The number of hydrogen-bond donors (Lipinski definition) is 1. The van der Waals surface area contributed by atoms with Gasteiger partial charge in [-0.15, -0.1) is 0 Å². The van der Waals surface area contributed by atoms with Crippen molar-refractivity contribution in [3.8, 4) is 0 Å². The molecule has 0 aliphatic rings. The van der Waals surface area contributed by atoms with Crippen molar-refractivity contribution in [2.24, 2.45) is 11.7 Å². The van der Waals surface area contributed by atoms with Gasteiger partial charge in [-0.3, -0.25) is 4.79 Å². The van der Waals surface area contributed by atoms with Gasteiger partial charge in [0.2, 0.25) is 0 Å². The maximum atomic E-state index is 11.7. The Morgan fingerprint density at radius 2 is 2.25 bits per heavy atom. The third-order valence-corrected chi connectivity index (χ3v) is 2.85. The Balaban J connectivity index is 2.34. The fraction of sp³-hybridized carbons (Fsp3) is 0.615. The Labute approximate surface area is 97.0 Å². The standard InChI is InChI=1S/C13H21NO2/c1-2-4-11(8-9-14)6-7-12(15)13-5-3-10-16-13/h3,5,10-11H,2,4,6-9,14H2,1H3. The van der Waals surface area contributed by atoms with Crippen LogP contribution in [0.4, 0.5) is 0 Å². The summed E-state index contributed by atoms with van der Waals surface area (Å²) < 4.78 is 5.07. The molecule has 3 nitrogen and oxygen atoms in total. The highest BCUT2D eigenvalue weighted by Gasteiger charge is 2.13. The first-order chi connectivity index (χ1) is 7.77. The lowest BCUT2D eigenvalue weighted by Crippen LogP contribution is -2.10. The van der Waals surface area contributed by atoms with Crippen molar-refractivity contribution in [3.63, 3.8) is 0 Å². The van der Waals surface area contributed by atoms with E-state index in [1.165, 1.54) is 6.26 Å². The Morgan fingerprint density at radius 3 is 2.81 bits per heavy atom. The molecule has 3 heteroatoms. The fourth-order valence-electron chi connectivity index (χ4n) is 1.97. The monoisotopic (exact) mass is 223 g/mol. The largest absolute Gasteiger partial charge is 0.461 e. The second-order valence-corrected chi connectivity index (χ2v) is 4.17. The summed E-state index contributed by atoms with van der Waals surface area (Å²) in [6.45, 7) is 2.87. The molecule has 90 valence electrons. The molecule has 0 amide bonds. The van der Waals surface area contributed by atoms with Crippen molar-refractivity contribution in [2.75, 3.05) is 6.54 Å². The molecule has 0 bridgehead atoms. The quantitative estimate of drug-likeness (QED) is 0.689. The van der Waals surface area contributed by atoms with Gasteiger partial charge in [-0.1, -0.05) is 19.8 Å². The zero-order chi connectivity index (χ0) is 11.8. The van der Waals surface area contributed by atoms with Gasteiger partial charge in [0.05, 0.1) is 6.26 Å². The van der Waals surface area contributed by atoms with Crippen molar-refractivity contribution in [3.05, 3.63) is 24.2 Å². The van der Waals surface area contributed by atoms with Gasteiger partial charge in [-0.2, -0.15) is 0 Å². The maximum absolute atomic E-state index is 11.7. The fourth-order valence-corrected chi connectivity index (χ4v) is 1.97. The van der Waals surface area contributed by atoms with E-state index in [0.717, 1.165) is 25.7 Å². The van der Waals surface area contributed by atoms with E-state index in [1.807, 2.05) is 0 Å². The molecule has 0 saturated heterocycles. The number of ketones is 1. The number of nitrogens with two attached hydrogens (primary N) is 1. The minimum atomic E-state index is 0.100. The van der Waals surface area contributed by atoms with Gasteiger partial charge < -0.3 is 10.2 Å². The van der Waals surface area contributed by atoms with E-state index in [4.69, 9.17) is 10.2 Å². The first-order valence-corrected chi connectivity index (χ1v) is 6.04. The third-order valence-electron chi connectivity index (χ3n) is 2.85. The van der Waals surface area contributed by atoms with E-state index in [2.05, 4.69) is 6.92 Å². The first kappa shape index (κ1) is 13.0. The summed E-state index contributed by atoms with van der Waals surface area (Å²) >= 11 is 0. The number of furan rings is 1. The van der Waals surface area contributed by atoms with Crippen LogP contribution in [0.3, 0.4) is 0 Å². The summed E-state index contributed by atoms with van der Waals surface area (Å²) in [5, 5.41) is 0. The summed E-state index contributed by atoms with van der Waals surface area (Å²) in [6.07, 6.45) is 6.35. The highest BCUT2D eigenvalue weighted by atomic mass is 16.3. The second kappa shape index (κ2) is 7.23. The number of rotatable bonds is 8. The van der Waals surface area contributed by atoms with Gasteiger partial charge in [0.15, 0.2) is 11.5 Å². The molecule has 0 aliphatic heterocycles. The Hall–Kier alpha value is -1.09. The minimum absolute atomic E-state index is 0.100. The summed E-state index contributed by atoms with van der Waals surface area (Å²) in [5.74, 6) is 1.15. The van der Waals surface area contributed by atoms with E-state index in [1.54, 1.807) is 12.1 Å². The smallest absolute Gasteiger partial charge is 0.197 e. The number of hydrogen-bond acceptors (Lipinski definition) is 3. The van der Waals surface area contributed by atoms with Crippen molar-refractivity contribution in [1.82, 2.24) is 0 Å². The lowest BCUT2D eigenvalue weighted by atomic mass is 9.93. The van der Waals surface area contributed by atoms with Gasteiger partial charge >= 0.3 is 0 Å². The van der Waals surface area contributed by atoms with E-state index in [0.29, 0.717) is 24.6 Å². The normalized spacial score (nSPS) is 12.6. The molecule has 1 aromatic heterocycles. The van der Waals surface area contributed by atoms with Crippen molar-refractivity contribution >= 4 is 5.78 Å². The van der Waals surface area contributed by atoms with Crippen LogP contribution in [0.5, 0.6) is 0 Å². The predicted molar refractivity (Wildman–Crippen MR) is 64.3 cm³/mol. The van der Waals surface area contributed by atoms with Gasteiger partial charge in [0.1, 0.15) is 0 Å². The van der Waals surface area contributed by atoms with E-state index < -0.39 is 0 Å². The Bertz CT molecular complexity index is 287. The number of Topliss-reactive ketones (excluding diaryl/α,β-unsaturated/α-hetero) is 1. The molecule has 1 atom stereocenters.